The van der Waals surface area contributed by atoms with Gasteiger partial charge in [-0.25, -0.2) is 0 Å². The number of ether oxygens (including phenoxy) is 1. The predicted molar refractivity (Wildman–Crippen MR) is 115 cm³/mol. The van der Waals surface area contributed by atoms with Gasteiger partial charge in [0.05, 0.1) is 12.0 Å². The fourth-order valence-corrected chi connectivity index (χ4v) is 5.31. The fraction of sp³-hybridized carbons (Fsp3) is 0.667. The van der Waals surface area contributed by atoms with Crippen molar-refractivity contribution in [2.75, 3.05) is 39.9 Å². The van der Waals surface area contributed by atoms with Crippen molar-refractivity contribution in [2.24, 2.45) is 10.8 Å². The number of nitrogens with zero attached hydrogens (tertiary/aromatic N) is 2. The van der Waals surface area contributed by atoms with Gasteiger partial charge in [0.15, 0.2) is 0 Å². The molecule has 1 saturated heterocycles. The molecule has 2 atom stereocenters. The standard InChI is InChI=1S/C24H31F3N2O4/c1-33-16-22(9-11-28(12-10-22)15-23(7-8-23)21(31)32)14-29(20(30)24(25,26)27)19-13-18(19)17-5-3-2-4-6-17/h2-6,18-19H,7-16H2,1H3,(H,31,32)/t18-,19+/m0/s1. The first-order chi connectivity index (χ1) is 15.6. The molecule has 4 rings (SSSR count). The van der Waals surface area contributed by atoms with Gasteiger partial charge in [0.25, 0.3) is 0 Å². The second-order valence-corrected chi connectivity index (χ2v) is 10.0. The molecule has 1 aliphatic heterocycles. The van der Waals surface area contributed by atoms with Gasteiger partial charge >= 0.3 is 18.1 Å². The second-order valence-electron chi connectivity index (χ2n) is 10.0. The van der Waals surface area contributed by atoms with Crippen molar-refractivity contribution in [3.8, 4) is 0 Å². The molecule has 3 fully saturated rings. The predicted octanol–water partition coefficient (Wildman–Crippen LogP) is 3.53. The van der Waals surface area contributed by atoms with Gasteiger partial charge in [-0.1, -0.05) is 30.3 Å². The Morgan fingerprint density at radius 1 is 1.15 bits per heavy atom. The summed E-state index contributed by atoms with van der Waals surface area (Å²) in [5, 5.41) is 9.47. The Balaban J connectivity index is 1.47. The molecule has 0 unspecified atom stereocenters. The molecule has 6 nitrogen and oxygen atoms in total. The molecule has 0 aromatic heterocycles. The summed E-state index contributed by atoms with van der Waals surface area (Å²) >= 11 is 0. The van der Waals surface area contributed by atoms with E-state index in [9.17, 15) is 27.9 Å². The molecular weight excluding hydrogens is 437 g/mol. The van der Waals surface area contributed by atoms with Crippen molar-refractivity contribution >= 4 is 11.9 Å². The number of carboxylic acid groups (broad SMARTS) is 1. The van der Waals surface area contributed by atoms with Crippen LogP contribution in [-0.2, 0) is 14.3 Å². The molecule has 1 aromatic rings. The van der Waals surface area contributed by atoms with Crippen LogP contribution in [0, 0.1) is 10.8 Å². The maximum Gasteiger partial charge on any atom is 0.471 e. The van der Waals surface area contributed by atoms with Crippen molar-refractivity contribution in [2.45, 2.75) is 50.2 Å². The average Bonchev–Trinajstić information content (AvgIpc) is 3.69. The summed E-state index contributed by atoms with van der Waals surface area (Å²) < 4.78 is 46.0. The van der Waals surface area contributed by atoms with Crippen LogP contribution in [0.25, 0.3) is 0 Å². The number of benzene rings is 1. The molecular formula is C24H31F3N2O4. The first-order valence-corrected chi connectivity index (χ1v) is 11.5. The molecule has 182 valence electrons. The molecule has 1 heterocycles. The molecule has 2 aliphatic carbocycles. The summed E-state index contributed by atoms with van der Waals surface area (Å²) in [5.74, 6) is -2.66. The van der Waals surface area contributed by atoms with Crippen LogP contribution in [-0.4, -0.2) is 78.9 Å². The number of hydrogen-bond acceptors (Lipinski definition) is 4. The fourth-order valence-electron chi connectivity index (χ4n) is 5.31. The second kappa shape index (κ2) is 8.91. The highest BCUT2D eigenvalue weighted by Gasteiger charge is 2.55. The lowest BCUT2D eigenvalue weighted by atomic mass is 9.78. The van der Waals surface area contributed by atoms with Crippen molar-refractivity contribution in [3.05, 3.63) is 35.9 Å². The Labute approximate surface area is 191 Å². The van der Waals surface area contributed by atoms with E-state index >= 15 is 0 Å². The Kier molecular flexibility index (Phi) is 6.48. The molecule has 1 N–H and O–H groups in total. The molecule has 2 saturated carbocycles. The lowest BCUT2D eigenvalue weighted by Crippen LogP contribution is -2.53. The highest BCUT2D eigenvalue weighted by atomic mass is 19.4. The van der Waals surface area contributed by atoms with E-state index in [1.165, 1.54) is 7.11 Å². The van der Waals surface area contributed by atoms with E-state index in [4.69, 9.17) is 4.74 Å². The first kappa shape index (κ1) is 24.0. The monoisotopic (exact) mass is 468 g/mol. The van der Waals surface area contributed by atoms with Gasteiger partial charge in [0.2, 0.25) is 0 Å². The minimum absolute atomic E-state index is 0.00883. The number of hydrogen-bond donors (Lipinski definition) is 1. The summed E-state index contributed by atoms with van der Waals surface area (Å²) in [6, 6.07) is 8.87. The lowest BCUT2D eigenvalue weighted by Gasteiger charge is -2.44. The SMILES string of the molecule is COCC1(CN(C(=O)C(F)(F)F)[C@@H]2C[C@H]2c2ccccc2)CCN(CC2(C(=O)O)CC2)CC1. The van der Waals surface area contributed by atoms with Gasteiger partial charge in [0, 0.05) is 37.6 Å². The number of aliphatic carboxylic acids is 1. The molecule has 9 heteroatoms. The van der Waals surface area contributed by atoms with E-state index in [1.54, 1.807) is 0 Å². The number of halogens is 3. The summed E-state index contributed by atoms with van der Waals surface area (Å²) in [7, 11) is 1.53. The zero-order chi connectivity index (χ0) is 23.9. The summed E-state index contributed by atoms with van der Waals surface area (Å²) in [4.78, 5) is 27.1. The van der Waals surface area contributed by atoms with Gasteiger partial charge in [-0.2, -0.15) is 13.2 Å². The van der Waals surface area contributed by atoms with Crippen LogP contribution in [0.5, 0.6) is 0 Å². The lowest BCUT2D eigenvalue weighted by molar-refractivity contribution is -0.188. The molecule has 0 radical (unpaired) electrons. The highest BCUT2D eigenvalue weighted by molar-refractivity contribution is 5.82. The van der Waals surface area contributed by atoms with E-state index in [-0.39, 0.29) is 19.1 Å². The number of rotatable bonds is 9. The molecule has 1 aromatic carbocycles. The number of carbonyl (C=O) groups excluding carboxylic acids is 1. The number of methoxy groups -OCH3 is 1. The number of likely N-dealkylation sites (tertiary alicyclic amines) is 1. The first-order valence-electron chi connectivity index (χ1n) is 11.5. The Morgan fingerprint density at radius 3 is 2.30 bits per heavy atom. The third kappa shape index (κ3) is 5.19. The average molecular weight is 469 g/mol. The molecule has 1 amide bonds. The number of amides is 1. The van der Waals surface area contributed by atoms with Gasteiger partial charge in [0.1, 0.15) is 0 Å². The van der Waals surface area contributed by atoms with Crippen LogP contribution in [0.1, 0.15) is 43.6 Å². The quantitative estimate of drug-likeness (QED) is 0.601. The zero-order valence-corrected chi connectivity index (χ0v) is 18.8. The minimum Gasteiger partial charge on any atom is -0.481 e. The van der Waals surface area contributed by atoms with Crippen LogP contribution in [0.15, 0.2) is 30.3 Å². The van der Waals surface area contributed by atoms with Crippen LogP contribution >= 0.6 is 0 Å². The minimum atomic E-state index is -4.93. The van der Waals surface area contributed by atoms with Crippen molar-refractivity contribution < 1.29 is 32.6 Å². The van der Waals surface area contributed by atoms with Gasteiger partial charge in [-0.05, 0) is 50.8 Å². The highest BCUT2D eigenvalue weighted by Crippen LogP contribution is 2.49. The van der Waals surface area contributed by atoms with Crippen molar-refractivity contribution in [1.29, 1.82) is 0 Å². The van der Waals surface area contributed by atoms with Crippen LogP contribution < -0.4 is 0 Å². The molecule has 33 heavy (non-hydrogen) atoms. The van der Waals surface area contributed by atoms with E-state index in [2.05, 4.69) is 4.90 Å². The number of carbonyl (C=O) groups is 2. The summed E-state index contributed by atoms with van der Waals surface area (Å²) in [6.07, 6.45) is -1.97. The molecule has 3 aliphatic rings. The van der Waals surface area contributed by atoms with Gasteiger partial charge in [-0.3, -0.25) is 9.59 Å². The summed E-state index contributed by atoms with van der Waals surface area (Å²) in [5.41, 5.74) is -0.312. The third-order valence-electron chi connectivity index (χ3n) is 7.59. The topological polar surface area (TPSA) is 70.1 Å². The van der Waals surface area contributed by atoms with E-state index < -0.39 is 34.9 Å². The smallest absolute Gasteiger partial charge is 0.471 e. The largest absolute Gasteiger partial charge is 0.481 e. The number of piperidine rings is 1. The van der Waals surface area contributed by atoms with Crippen molar-refractivity contribution in [1.82, 2.24) is 9.80 Å². The van der Waals surface area contributed by atoms with Gasteiger partial charge in [-0.15, -0.1) is 0 Å². The van der Waals surface area contributed by atoms with Crippen LogP contribution in [0.3, 0.4) is 0 Å². The number of alkyl halides is 3. The normalized spacial score (nSPS) is 25.9. The summed E-state index contributed by atoms with van der Waals surface area (Å²) in [6.45, 7) is 1.88. The van der Waals surface area contributed by atoms with Crippen LogP contribution in [0.4, 0.5) is 13.2 Å². The van der Waals surface area contributed by atoms with Gasteiger partial charge < -0.3 is 19.6 Å². The Morgan fingerprint density at radius 2 is 1.79 bits per heavy atom. The third-order valence-corrected chi connectivity index (χ3v) is 7.59. The van der Waals surface area contributed by atoms with E-state index in [0.717, 1.165) is 10.5 Å². The van der Waals surface area contributed by atoms with E-state index in [0.29, 0.717) is 51.7 Å². The Hall–Kier alpha value is -2.13. The van der Waals surface area contributed by atoms with E-state index in [1.807, 2.05) is 30.3 Å². The maximum atomic E-state index is 13.5. The van der Waals surface area contributed by atoms with Crippen LogP contribution in [0.2, 0.25) is 0 Å². The number of carboxylic acids is 1. The van der Waals surface area contributed by atoms with Crippen molar-refractivity contribution in [3.63, 3.8) is 0 Å². The zero-order valence-electron chi connectivity index (χ0n) is 18.8. The molecule has 0 bridgehead atoms. The maximum absolute atomic E-state index is 13.5. The Bertz CT molecular complexity index is 864. The molecule has 0 spiro atoms.